The largest absolute Gasteiger partial charge is 0.497 e. The highest BCUT2D eigenvalue weighted by Gasteiger charge is 2.79. The van der Waals surface area contributed by atoms with Crippen molar-refractivity contribution in [2.24, 2.45) is 16.7 Å². The van der Waals surface area contributed by atoms with Crippen LogP contribution in [0.3, 0.4) is 0 Å². The number of furan rings is 1. The molecule has 3 heterocycles. The molecule has 17 nitrogen and oxygen atoms in total. The van der Waals surface area contributed by atoms with Crippen LogP contribution in [-0.4, -0.2) is 116 Å². The van der Waals surface area contributed by atoms with Gasteiger partial charge in [0.1, 0.15) is 53.2 Å². The Hall–Kier alpha value is -5.08. The Morgan fingerprint density at radius 1 is 0.868 bits per heavy atom. The Balaban J connectivity index is 1.36. The summed E-state index contributed by atoms with van der Waals surface area (Å²) in [5.74, 6) is -2.79. The van der Waals surface area contributed by atoms with E-state index in [4.69, 9.17) is 46.7 Å². The minimum atomic E-state index is -3.05. The van der Waals surface area contributed by atoms with Gasteiger partial charge in [-0.2, -0.15) is 0 Å². The highest BCUT2D eigenvalue weighted by atomic mass is 28.4. The molecule has 2 aromatic carbocycles. The van der Waals surface area contributed by atoms with Crippen LogP contribution in [0.25, 0.3) is 0 Å². The molecule has 5 aliphatic rings. The number of hydrogen-bond acceptors (Lipinski definition) is 16. The van der Waals surface area contributed by atoms with Crippen LogP contribution in [0.5, 0.6) is 5.75 Å². The fourth-order valence-corrected chi connectivity index (χ4v) is 19.3. The van der Waals surface area contributed by atoms with Crippen molar-refractivity contribution in [2.45, 2.75) is 198 Å². The molecule has 18 heteroatoms. The lowest BCUT2D eigenvalue weighted by atomic mass is 9.44. The van der Waals surface area contributed by atoms with Gasteiger partial charge in [-0.3, -0.25) is 4.79 Å². The third-order valence-electron chi connectivity index (χ3n) is 17.4. The number of benzene rings is 2. The molecule has 3 aliphatic carbocycles. The van der Waals surface area contributed by atoms with E-state index in [0.717, 1.165) is 0 Å². The zero-order chi connectivity index (χ0) is 55.7. The van der Waals surface area contributed by atoms with E-state index in [2.05, 4.69) is 46.9 Å². The molecule has 76 heavy (non-hydrogen) atoms. The van der Waals surface area contributed by atoms with Crippen LogP contribution < -0.4 is 10.1 Å². The smallest absolute Gasteiger partial charge is 0.408 e. The Labute approximate surface area is 447 Å². The van der Waals surface area contributed by atoms with E-state index in [-0.39, 0.29) is 47.4 Å². The lowest BCUT2D eigenvalue weighted by Gasteiger charge is -2.68. The summed E-state index contributed by atoms with van der Waals surface area (Å²) in [5, 5.41) is 30.1. The number of aliphatic hydroxyl groups excluding tert-OH is 1. The number of ether oxygens (including phenoxy) is 8. The second-order valence-corrected chi connectivity index (χ2v) is 29.5. The van der Waals surface area contributed by atoms with Gasteiger partial charge < -0.3 is 62.3 Å². The van der Waals surface area contributed by atoms with Crippen LogP contribution in [0.2, 0.25) is 16.6 Å². The van der Waals surface area contributed by atoms with Crippen molar-refractivity contribution in [2.75, 3.05) is 13.7 Å². The maximum Gasteiger partial charge on any atom is 0.408 e. The summed E-state index contributed by atoms with van der Waals surface area (Å²) in [6.07, 6.45) is -9.61. The van der Waals surface area contributed by atoms with E-state index in [0.29, 0.717) is 22.5 Å². The molecular formula is C58H79NO16Si. The summed E-state index contributed by atoms with van der Waals surface area (Å²) < 4.78 is 65.1. The Morgan fingerprint density at radius 3 is 2.05 bits per heavy atom. The van der Waals surface area contributed by atoms with E-state index in [9.17, 15) is 24.6 Å². The van der Waals surface area contributed by atoms with Gasteiger partial charge in [-0.1, -0.05) is 92.6 Å². The average Bonchev–Trinajstić information content (AvgIpc) is 4.14. The fourth-order valence-electron chi connectivity index (χ4n) is 13.8. The number of rotatable bonds is 15. The first-order chi connectivity index (χ1) is 35.6. The number of carbonyl (C=O) groups is 4. The summed E-state index contributed by atoms with van der Waals surface area (Å²) >= 11 is 0. The van der Waals surface area contributed by atoms with Crippen LogP contribution in [0, 0.1) is 16.7 Å². The maximum absolute atomic E-state index is 15.9. The number of methoxy groups -OCH3 is 1. The van der Waals surface area contributed by atoms with Crippen molar-refractivity contribution in [3.05, 3.63) is 101 Å². The van der Waals surface area contributed by atoms with Crippen molar-refractivity contribution in [3.63, 3.8) is 0 Å². The first kappa shape index (κ1) is 57.1. The number of aliphatic hydroxyl groups is 2. The SMILES string of the molecule is COc1ccc(C2OC3C4=C(C)C(OC(=O)C(O[Si](C(C)C)(C(C)C)C(C)C)C(NC(=O)OC(C)(C)C)c5ccco5)CC(O)(C(OC(=O)c5ccccc5)C5C6(OC(C)=O)COC6CC(O)[C@@]5(C)C3O2)C4(C)C)cc1. The van der Waals surface area contributed by atoms with Crippen LogP contribution in [0.1, 0.15) is 144 Å². The molecule has 1 aromatic heterocycles. The third-order valence-corrected chi connectivity index (χ3v) is 23.4. The molecule has 8 rings (SSSR count). The van der Waals surface area contributed by atoms with E-state index in [1.165, 1.54) is 13.2 Å². The highest BCUT2D eigenvalue weighted by molar-refractivity contribution is 6.77. The summed E-state index contributed by atoms with van der Waals surface area (Å²) in [7, 11) is -1.49. The zero-order valence-electron chi connectivity index (χ0n) is 46.7. The number of fused-ring (bicyclic) bond motifs is 8. The molecule has 2 bridgehead atoms. The number of esters is 3. The molecule has 4 fully saturated rings. The molecule has 12 unspecified atom stereocenters. The highest BCUT2D eigenvalue weighted by Crippen LogP contribution is 2.67. The minimum Gasteiger partial charge on any atom is -0.497 e. The van der Waals surface area contributed by atoms with Gasteiger partial charge in [-0.05, 0) is 91.9 Å². The molecule has 0 spiro atoms. The van der Waals surface area contributed by atoms with Crippen LogP contribution >= 0.6 is 0 Å². The van der Waals surface area contributed by atoms with E-state index in [1.807, 2.05) is 32.9 Å². The molecule has 3 N–H and O–H groups in total. The number of carbonyl (C=O) groups excluding carboxylic acids is 4. The van der Waals surface area contributed by atoms with Crippen LogP contribution in [-0.2, 0) is 47.2 Å². The van der Waals surface area contributed by atoms with Gasteiger partial charge in [0.05, 0.1) is 43.7 Å². The summed E-state index contributed by atoms with van der Waals surface area (Å²) in [6.45, 7) is 26.0. The van der Waals surface area contributed by atoms with Gasteiger partial charge in [0.15, 0.2) is 18.0 Å². The maximum atomic E-state index is 15.9. The van der Waals surface area contributed by atoms with Gasteiger partial charge in [-0.25, -0.2) is 14.4 Å². The van der Waals surface area contributed by atoms with Gasteiger partial charge in [0.2, 0.25) is 8.32 Å². The van der Waals surface area contributed by atoms with Gasteiger partial charge in [-0.15, -0.1) is 0 Å². The molecule has 2 saturated carbocycles. The van der Waals surface area contributed by atoms with Gasteiger partial charge in [0.25, 0.3) is 0 Å². The number of nitrogens with one attached hydrogen (secondary N) is 1. The third kappa shape index (κ3) is 9.71. The predicted octanol–water partition coefficient (Wildman–Crippen LogP) is 9.61. The quantitative estimate of drug-likeness (QED) is 0.0559. The molecule has 0 radical (unpaired) electrons. The normalized spacial score (nSPS) is 31.6. The van der Waals surface area contributed by atoms with E-state index >= 15 is 4.79 Å². The molecule has 416 valence electrons. The lowest BCUT2D eigenvalue weighted by Crippen LogP contribution is -2.82. The second kappa shape index (κ2) is 20.9. The topological polar surface area (TPSA) is 217 Å². The lowest BCUT2D eigenvalue weighted by molar-refractivity contribution is -0.362. The van der Waals surface area contributed by atoms with Crippen molar-refractivity contribution in [3.8, 4) is 5.75 Å². The summed E-state index contributed by atoms with van der Waals surface area (Å²) in [4.78, 5) is 58.1. The van der Waals surface area contributed by atoms with Crippen molar-refractivity contribution >= 4 is 32.3 Å². The van der Waals surface area contributed by atoms with Crippen molar-refractivity contribution < 1.29 is 76.1 Å². The van der Waals surface area contributed by atoms with E-state index < -0.39 is 121 Å². The molecule has 2 saturated heterocycles. The fraction of sp³-hybridized carbons (Fsp3) is 0.621. The van der Waals surface area contributed by atoms with Gasteiger partial charge >= 0.3 is 24.0 Å². The van der Waals surface area contributed by atoms with E-state index in [1.54, 1.807) is 89.4 Å². The zero-order valence-corrected chi connectivity index (χ0v) is 47.7. The van der Waals surface area contributed by atoms with Crippen LogP contribution in [0.15, 0.2) is 88.6 Å². The number of amides is 1. The Morgan fingerprint density at radius 2 is 1.51 bits per heavy atom. The first-order valence-corrected chi connectivity index (χ1v) is 28.8. The Kier molecular flexibility index (Phi) is 15.7. The standard InChI is InChI=1S/C58H79NO16Si/c1-31(2)76(32(3)4,33(5)6)75-46(44(39-22-19-27-67-39)59-53(64)74-54(9,10)11)51(63)69-40-29-58(65)49(71-50(62)36-20-17-16-18-21-36)47-56(14,41(61)28-42-57(47,30-68-42)73-35(8)60)48-45(43(34(40)7)55(58,12)13)70-52(72-48)37-23-25-38(66-15)26-24-37/h16-27,31-33,40-42,44-49,52,61,65H,28-30H2,1-15H3,(H,59,64)/t40?,41?,42?,44?,45?,46?,47?,48?,49?,52?,56-,57?,58?/m1/s1. The molecule has 3 aromatic rings. The second-order valence-electron chi connectivity index (χ2n) is 24.1. The molecular weight excluding hydrogens is 995 g/mol. The number of hydrogen-bond donors (Lipinski definition) is 3. The summed E-state index contributed by atoms with van der Waals surface area (Å²) in [5.41, 5.74) is -6.01. The first-order valence-electron chi connectivity index (χ1n) is 26.6. The molecule has 13 atom stereocenters. The monoisotopic (exact) mass is 1070 g/mol. The molecule has 2 aliphatic heterocycles. The number of alkyl carbamates (subject to hydrolysis) is 1. The van der Waals surface area contributed by atoms with Gasteiger partial charge in [0, 0.05) is 36.2 Å². The Bertz CT molecular complexity index is 2610. The van der Waals surface area contributed by atoms with Crippen molar-refractivity contribution in [1.82, 2.24) is 5.32 Å². The van der Waals surface area contributed by atoms with Crippen LogP contribution in [0.4, 0.5) is 4.79 Å². The van der Waals surface area contributed by atoms with Crippen molar-refractivity contribution in [1.29, 1.82) is 0 Å². The average molecular weight is 1070 g/mol. The predicted molar refractivity (Wildman–Crippen MR) is 280 cm³/mol. The minimum absolute atomic E-state index is 0.00297. The molecule has 1 amide bonds. The summed E-state index contributed by atoms with van der Waals surface area (Å²) in [6, 6.07) is 17.5.